The molecule has 0 radical (unpaired) electrons. The van der Waals surface area contributed by atoms with E-state index in [9.17, 15) is 18.4 Å². The van der Waals surface area contributed by atoms with Crippen molar-refractivity contribution in [2.45, 2.75) is 12.6 Å². The van der Waals surface area contributed by atoms with Crippen LogP contribution in [0.3, 0.4) is 0 Å². The van der Waals surface area contributed by atoms with Gasteiger partial charge < -0.3 is 20.1 Å². The summed E-state index contributed by atoms with van der Waals surface area (Å²) in [4.78, 5) is 25.1. The Hall–Kier alpha value is -3.94. The second-order valence-corrected chi connectivity index (χ2v) is 6.83. The Labute approximate surface area is 184 Å². The molecule has 0 bridgehead atoms. The summed E-state index contributed by atoms with van der Waals surface area (Å²) in [5.74, 6) is -2.58. The molecule has 32 heavy (non-hydrogen) atoms. The van der Waals surface area contributed by atoms with E-state index in [1.54, 1.807) is 6.07 Å². The predicted octanol–water partition coefficient (Wildman–Crippen LogP) is 3.77. The van der Waals surface area contributed by atoms with E-state index in [0.717, 1.165) is 17.7 Å². The maximum Gasteiger partial charge on any atom is 0.252 e. The van der Waals surface area contributed by atoms with Gasteiger partial charge in [-0.15, -0.1) is 0 Å². The second kappa shape index (κ2) is 10.4. The van der Waals surface area contributed by atoms with Crippen molar-refractivity contribution in [2.24, 2.45) is 0 Å². The van der Waals surface area contributed by atoms with Crippen molar-refractivity contribution in [3.63, 3.8) is 0 Å². The van der Waals surface area contributed by atoms with E-state index in [0.29, 0.717) is 18.1 Å². The Balaban J connectivity index is 1.78. The van der Waals surface area contributed by atoms with E-state index < -0.39 is 29.5 Å². The quantitative estimate of drug-likeness (QED) is 0.559. The zero-order chi connectivity index (χ0) is 23.1. The molecule has 1 unspecified atom stereocenters. The molecule has 8 heteroatoms. The lowest BCUT2D eigenvalue weighted by molar-refractivity contribution is -0.122. The first-order chi connectivity index (χ1) is 15.4. The predicted molar refractivity (Wildman–Crippen MR) is 114 cm³/mol. The van der Waals surface area contributed by atoms with E-state index in [1.165, 1.54) is 32.4 Å². The first-order valence-corrected chi connectivity index (χ1v) is 9.75. The highest BCUT2D eigenvalue weighted by molar-refractivity contribution is 5.98. The highest BCUT2D eigenvalue weighted by Crippen LogP contribution is 2.29. The lowest BCUT2D eigenvalue weighted by Gasteiger charge is -2.18. The monoisotopic (exact) mass is 440 g/mol. The molecule has 2 N–H and O–H groups in total. The standard InChI is InChI=1S/C24H22F2N2O4/c1-27-24(30)22(16-8-10-18(25)19(26)12-16)28-23(29)17-9-11-20(21(13-17)31-2)32-14-15-6-4-3-5-7-15/h3-13,22H,14H2,1-2H3,(H,27,30)(H,28,29). The van der Waals surface area contributed by atoms with Gasteiger partial charge in [-0.2, -0.15) is 0 Å². The van der Waals surface area contributed by atoms with Crippen LogP contribution in [0, 0.1) is 11.6 Å². The molecule has 0 saturated heterocycles. The van der Waals surface area contributed by atoms with Crippen molar-refractivity contribution < 1.29 is 27.8 Å². The number of nitrogens with one attached hydrogen (secondary N) is 2. The van der Waals surface area contributed by atoms with Crippen molar-refractivity contribution in [3.05, 3.63) is 95.1 Å². The molecule has 0 aliphatic carbocycles. The SMILES string of the molecule is CNC(=O)C(NC(=O)c1ccc(OCc2ccccc2)c(OC)c1)c1ccc(F)c(F)c1. The number of hydrogen-bond donors (Lipinski definition) is 2. The number of rotatable bonds is 8. The number of halogens is 2. The van der Waals surface area contributed by atoms with E-state index in [2.05, 4.69) is 10.6 Å². The Kier molecular flexibility index (Phi) is 7.38. The van der Waals surface area contributed by atoms with Crippen molar-refractivity contribution in [1.82, 2.24) is 10.6 Å². The lowest BCUT2D eigenvalue weighted by Crippen LogP contribution is -2.39. The number of methoxy groups -OCH3 is 1. The third kappa shape index (κ3) is 5.40. The molecule has 166 valence electrons. The highest BCUT2D eigenvalue weighted by atomic mass is 19.2. The molecule has 0 saturated carbocycles. The van der Waals surface area contributed by atoms with E-state index in [-0.39, 0.29) is 11.1 Å². The van der Waals surface area contributed by atoms with Crippen LogP contribution in [0.4, 0.5) is 8.78 Å². The maximum atomic E-state index is 13.7. The Morgan fingerprint density at radius 3 is 2.34 bits per heavy atom. The molecule has 0 fully saturated rings. The van der Waals surface area contributed by atoms with Gasteiger partial charge in [0.25, 0.3) is 5.91 Å². The molecule has 6 nitrogen and oxygen atoms in total. The summed E-state index contributed by atoms with van der Waals surface area (Å²) in [6.45, 7) is 0.317. The fraction of sp³-hybridized carbons (Fsp3) is 0.167. The minimum absolute atomic E-state index is 0.103. The van der Waals surface area contributed by atoms with E-state index in [1.807, 2.05) is 30.3 Å². The van der Waals surface area contributed by atoms with Gasteiger partial charge in [0.2, 0.25) is 5.91 Å². The number of amides is 2. The van der Waals surface area contributed by atoms with Gasteiger partial charge in [0, 0.05) is 12.6 Å². The first-order valence-electron chi connectivity index (χ1n) is 9.75. The maximum absolute atomic E-state index is 13.7. The second-order valence-electron chi connectivity index (χ2n) is 6.83. The average molecular weight is 440 g/mol. The van der Waals surface area contributed by atoms with Crippen molar-refractivity contribution >= 4 is 11.8 Å². The average Bonchev–Trinajstić information content (AvgIpc) is 2.82. The zero-order valence-corrected chi connectivity index (χ0v) is 17.5. The van der Waals surface area contributed by atoms with Crippen LogP contribution in [0.25, 0.3) is 0 Å². The van der Waals surface area contributed by atoms with Crippen molar-refractivity contribution in [1.29, 1.82) is 0 Å². The van der Waals surface area contributed by atoms with E-state index in [4.69, 9.17) is 9.47 Å². The number of hydrogen-bond acceptors (Lipinski definition) is 4. The fourth-order valence-corrected chi connectivity index (χ4v) is 3.01. The molecule has 2 amide bonds. The minimum Gasteiger partial charge on any atom is -0.493 e. The lowest BCUT2D eigenvalue weighted by atomic mass is 10.0. The molecule has 0 aromatic heterocycles. The number of ether oxygens (including phenoxy) is 2. The number of carbonyl (C=O) groups is 2. The Bertz CT molecular complexity index is 1110. The molecule has 3 aromatic rings. The van der Waals surface area contributed by atoms with Crippen LogP contribution in [0.15, 0.2) is 66.7 Å². The van der Waals surface area contributed by atoms with Crippen LogP contribution >= 0.6 is 0 Å². The fourth-order valence-electron chi connectivity index (χ4n) is 3.01. The Morgan fingerprint density at radius 2 is 1.69 bits per heavy atom. The van der Waals surface area contributed by atoms with Crippen LogP contribution in [-0.4, -0.2) is 26.0 Å². The van der Waals surface area contributed by atoms with Gasteiger partial charge in [0.1, 0.15) is 12.6 Å². The van der Waals surface area contributed by atoms with Crippen LogP contribution in [0.5, 0.6) is 11.5 Å². The summed E-state index contributed by atoms with van der Waals surface area (Å²) in [5, 5.41) is 4.94. The van der Waals surface area contributed by atoms with Crippen LogP contribution in [0.2, 0.25) is 0 Å². The van der Waals surface area contributed by atoms with Gasteiger partial charge in [-0.05, 0) is 41.5 Å². The van der Waals surface area contributed by atoms with Gasteiger partial charge in [0.15, 0.2) is 23.1 Å². The zero-order valence-electron chi connectivity index (χ0n) is 17.5. The largest absolute Gasteiger partial charge is 0.493 e. The molecule has 3 rings (SSSR count). The first kappa shape index (κ1) is 22.7. The molecule has 0 heterocycles. The molecular weight excluding hydrogens is 418 g/mol. The van der Waals surface area contributed by atoms with Gasteiger partial charge in [-0.25, -0.2) is 8.78 Å². The number of likely N-dealkylation sites (N-methyl/N-ethyl adjacent to an activating group) is 1. The molecule has 0 aliphatic rings. The summed E-state index contributed by atoms with van der Waals surface area (Å²) >= 11 is 0. The molecule has 0 spiro atoms. The third-order valence-corrected chi connectivity index (χ3v) is 4.72. The smallest absolute Gasteiger partial charge is 0.252 e. The summed E-state index contributed by atoms with van der Waals surface area (Å²) in [5.41, 5.74) is 1.27. The summed E-state index contributed by atoms with van der Waals surface area (Å²) in [6, 6.07) is 15.9. The molecule has 0 aliphatic heterocycles. The van der Waals surface area contributed by atoms with Gasteiger partial charge in [0.05, 0.1) is 7.11 Å². The van der Waals surface area contributed by atoms with Gasteiger partial charge >= 0.3 is 0 Å². The van der Waals surface area contributed by atoms with Crippen LogP contribution in [0.1, 0.15) is 27.5 Å². The summed E-state index contributed by atoms with van der Waals surface area (Å²) in [6.07, 6.45) is 0. The molecule has 1 atom stereocenters. The summed E-state index contributed by atoms with van der Waals surface area (Å²) in [7, 11) is 2.82. The van der Waals surface area contributed by atoms with E-state index >= 15 is 0 Å². The molecule has 3 aromatic carbocycles. The van der Waals surface area contributed by atoms with Crippen LogP contribution in [-0.2, 0) is 11.4 Å². The third-order valence-electron chi connectivity index (χ3n) is 4.72. The van der Waals surface area contributed by atoms with Gasteiger partial charge in [-0.3, -0.25) is 9.59 Å². The topological polar surface area (TPSA) is 76.7 Å². The van der Waals surface area contributed by atoms with Crippen molar-refractivity contribution in [2.75, 3.05) is 14.2 Å². The highest BCUT2D eigenvalue weighted by Gasteiger charge is 2.24. The number of benzene rings is 3. The normalized spacial score (nSPS) is 11.4. The molecular formula is C24H22F2N2O4. The van der Waals surface area contributed by atoms with Crippen molar-refractivity contribution in [3.8, 4) is 11.5 Å². The van der Waals surface area contributed by atoms with Crippen LogP contribution < -0.4 is 20.1 Å². The number of carbonyl (C=O) groups excluding carboxylic acids is 2. The Morgan fingerprint density at radius 1 is 0.938 bits per heavy atom. The minimum atomic E-state index is -1.22. The van der Waals surface area contributed by atoms with Gasteiger partial charge in [-0.1, -0.05) is 36.4 Å². The summed E-state index contributed by atoms with van der Waals surface area (Å²) < 4.78 is 38.0.